The van der Waals surface area contributed by atoms with Gasteiger partial charge in [-0.25, -0.2) is 0 Å². The Bertz CT molecular complexity index is 749. The smallest absolute Gasteiger partial charge is 0.313 e. The first-order valence-corrected chi connectivity index (χ1v) is 8.11. The average molecular weight is 336 g/mol. The second kappa shape index (κ2) is 9.24. The Kier molecular flexibility index (Phi) is 6.73. The van der Waals surface area contributed by atoms with Gasteiger partial charge in [0, 0.05) is 5.69 Å². The van der Waals surface area contributed by atoms with Crippen LogP contribution in [0.4, 0.5) is 5.69 Å². The van der Waals surface area contributed by atoms with E-state index >= 15 is 0 Å². The maximum Gasteiger partial charge on any atom is 0.313 e. The van der Waals surface area contributed by atoms with E-state index in [0.29, 0.717) is 18.5 Å². The molecule has 0 aromatic heterocycles. The number of carbonyl (C=O) groups is 2. The predicted octanol–water partition coefficient (Wildman–Crippen LogP) is 3.43. The van der Waals surface area contributed by atoms with E-state index in [2.05, 4.69) is 11.4 Å². The van der Waals surface area contributed by atoms with Gasteiger partial charge in [0.25, 0.3) is 5.91 Å². The minimum atomic E-state index is -0.409. The minimum Gasteiger partial charge on any atom is -0.455 e. The molecule has 0 saturated carbocycles. The summed E-state index contributed by atoms with van der Waals surface area (Å²) in [6.07, 6.45) is 0.925. The summed E-state index contributed by atoms with van der Waals surface area (Å²) in [4.78, 5) is 24.1. The Labute approximate surface area is 147 Å². The van der Waals surface area contributed by atoms with Crippen molar-refractivity contribution in [2.75, 3.05) is 11.9 Å². The fourth-order valence-corrected chi connectivity index (χ4v) is 2.46. The first-order chi connectivity index (χ1) is 12.1. The molecule has 0 aliphatic heterocycles. The zero-order valence-corrected chi connectivity index (χ0v) is 14.1. The first kappa shape index (κ1) is 18.2. The Morgan fingerprint density at radius 3 is 2.40 bits per heavy atom. The molecule has 0 saturated heterocycles. The van der Waals surface area contributed by atoms with Crippen LogP contribution in [0.15, 0.2) is 54.6 Å². The van der Waals surface area contributed by atoms with Crippen molar-refractivity contribution in [3.8, 4) is 6.07 Å². The molecule has 2 rings (SSSR count). The summed E-state index contributed by atoms with van der Waals surface area (Å²) in [5, 5.41) is 11.3. The lowest BCUT2D eigenvalue weighted by Crippen LogP contribution is -2.23. The Balaban J connectivity index is 1.86. The molecule has 2 aromatic carbocycles. The van der Waals surface area contributed by atoms with Crippen LogP contribution in [-0.4, -0.2) is 18.5 Å². The van der Waals surface area contributed by atoms with Gasteiger partial charge in [-0.3, -0.25) is 9.59 Å². The van der Waals surface area contributed by atoms with Crippen LogP contribution in [0.5, 0.6) is 0 Å². The summed E-state index contributed by atoms with van der Waals surface area (Å²) < 4.78 is 5.15. The number of ether oxygens (including phenoxy) is 1. The molecule has 5 nitrogen and oxygen atoms in total. The highest BCUT2D eigenvalue weighted by molar-refractivity contribution is 5.93. The highest BCUT2D eigenvalue weighted by atomic mass is 16.5. The van der Waals surface area contributed by atoms with Gasteiger partial charge >= 0.3 is 5.97 Å². The molecule has 1 N–H and O–H groups in total. The molecular formula is C20H20N2O3. The molecule has 5 heteroatoms. The van der Waals surface area contributed by atoms with E-state index in [9.17, 15) is 9.59 Å². The van der Waals surface area contributed by atoms with E-state index in [4.69, 9.17) is 10.00 Å². The molecule has 0 radical (unpaired) electrons. The highest BCUT2D eigenvalue weighted by Crippen LogP contribution is 2.20. The number of nitriles is 1. The minimum absolute atomic E-state index is 0.323. The van der Waals surface area contributed by atoms with Crippen LogP contribution in [-0.2, 0) is 20.7 Å². The van der Waals surface area contributed by atoms with Crippen LogP contribution in [0.1, 0.15) is 30.4 Å². The predicted molar refractivity (Wildman–Crippen MR) is 94.8 cm³/mol. The maximum atomic E-state index is 12.2. The van der Waals surface area contributed by atoms with E-state index in [1.807, 2.05) is 37.3 Å². The largest absolute Gasteiger partial charge is 0.455 e. The lowest BCUT2D eigenvalue weighted by molar-refractivity contribution is -0.149. The van der Waals surface area contributed by atoms with Crippen molar-refractivity contribution in [2.45, 2.75) is 25.7 Å². The third-order valence-corrected chi connectivity index (χ3v) is 3.76. The fourth-order valence-electron chi connectivity index (χ4n) is 2.46. The molecule has 1 amide bonds. The Hall–Kier alpha value is -3.13. The van der Waals surface area contributed by atoms with Crippen molar-refractivity contribution < 1.29 is 14.3 Å². The summed E-state index contributed by atoms with van der Waals surface area (Å²) in [5.41, 5.74) is 2.35. The van der Waals surface area contributed by atoms with Gasteiger partial charge in [-0.15, -0.1) is 0 Å². The fraction of sp³-hybridized carbons (Fsp3) is 0.250. The van der Waals surface area contributed by atoms with Crippen LogP contribution >= 0.6 is 0 Å². The zero-order chi connectivity index (χ0) is 18.1. The molecule has 0 heterocycles. The monoisotopic (exact) mass is 336 g/mol. The summed E-state index contributed by atoms with van der Waals surface area (Å²) in [6, 6.07) is 18.4. The highest BCUT2D eigenvalue weighted by Gasteiger charge is 2.20. The Morgan fingerprint density at radius 1 is 1.12 bits per heavy atom. The molecule has 25 heavy (non-hydrogen) atoms. The number of amides is 1. The third kappa shape index (κ3) is 5.47. The molecule has 2 aromatic rings. The summed E-state index contributed by atoms with van der Waals surface area (Å²) >= 11 is 0. The van der Waals surface area contributed by atoms with Gasteiger partial charge in [0.1, 0.15) is 0 Å². The van der Waals surface area contributed by atoms with Crippen molar-refractivity contribution in [1.29, 1.82) is 5.26 Å². The summed E-state index contributed by atoms with van der Waals surface area (Å²) in [6.45, 7) is 1.57. The van der Waals surface area contributed by atoms with Gasteiger partial charge < -0.3 is 10.1 Å². The number of hydrogen-bond acceptors (Lipinski definition) is 4. The summed E-state index contributed by atoms with van der Waals surface area (Å²) in [7, 11) is 0. The third-order valence-electron chi connectivity index (χ3n) is 3.76. The van der Waals surface area contributed by atoms with Gasteiger partial charge in [-0.05, 0) is 29.7 Å². The van der Waals surface area contributed by atoms with Crippen molar-refractivity contribution in [3.63, 3.8) is 0 Å². The summed E-state index contributed by atoms with van der Waals surface area (Å²) in [5.74, 6) is -1.18. The number of anilines is 1. The second-order valence-corrected chi connectivity index (χ2v) is 5.56. The lowest BCUT2D eigenvalue weighted by atomic mass is 9.97. The number of nitrogens with one attached hydrogen (secondary N) is 1. The van der Waals surface area contributed by atoms with E-state index in [0.717, 1.165) is 11.1 Å². The first-order valence-electron chi connectivity index (χ1n) is 8.11. The molecule has 1 unspecified atom stereocenters. The van der Waals surface area contributed by atoms with Crippen molar-refractivity contribution in [2.24, 2.45) is 0 Å². The Morgan fingerprint density at radius 2 is 1.80 bits per heavy atom. The number of hydrogen-bond donors (Lipinski definition) is 1. The van der Waals surface area contributed by atoms with Gasteiger partial charge in [0.15, 0.2) is 6.61 Å². The zero-order valence-electron chi connectivity index (χ0n) is 14.1. The van der Waals surface area contributed by atoms with Crippen LogP contribution < -0.4 is 5.32 Å². The number of rotatable bonds is 7. The number of nitrogens with zero attached hydrogens (tertiary/aromatic N) is 1. The number of esters is 1. The molecular weight excluding hydrogens is 316 g/mol. The quantitative estimate of drug-likeness (QED) is 0.786. The van der Waals surface area contributed by atoms with Crippen LogP contribution in [0.2, 0.25) is 0 Å². The van der Waals surface area contributed by atoms with Crippen LogP contribution in [0.25, 0.3) is 0 Å². The second-order valence-electron chi connectivity index (χ2n) is 5.56. The van der Waals surface area contributed by atoms with Gasteiger partial charge in [-0.2, -0.15) is 5.26 Å². The van der Waals surface area contributed by atoms with E-state index < -0.39 is 11.9 Å². The molecule has 0 spiro atoms. The van der Waals surface area contributed by atoms with E-state index in [-0.39, 0.29) is 12.5 Å². The van der Waals surface area contributed by atoms with Crippen LogP contribution in [0.3, 0.4) is 0 Å². The van der Waals surface area contributed by atoms with Crippen LogP contribution in [0, 0.1) is 11.3 Å². The van der Waals surface area contributed by atoms with Gasteiger partial charge in [0.05, 0.1) is 18.4 Å². The normalized spacial score (nSPS) is 11.2. The SMILES string of the molecule is CCC(C(=O)OCC(=O)Nc1ccc(CC#N)cc1)c1ccccc1. The topological polar surface area (TPSA) is 79.2 Å². The standard InChI is InChI=1S/C20H20N2O3/c1-2-18(16-6-4-3-5-7-16)20(24)25-14-19(23)22-17-10-8-15(9-11-17)12-13-21/h3-11,18H,2,12,14H2,1H3,(H,22,23). The van der Waals surface area contributed by atoms with Gasteiger partial charge in [0.2, 0.25) is 0 Å². The molecule has 0 fully saturated rings. The van der Waals surface area contributed by atoms with Crippen molar-refractivity contribution >= 4 is 17.6 Å². The maximum absolute atomic E-state index is 12.2. The van der Waals surface area contributed by atoms with Crippen molar-refractivity contribution in [3.05, 3.63) is 65.7 Å². The molecule has 0 bridgehead atoms. The molecule has 0 aliphatic carbocycles. The molecule has 1 atom stereocenters. The average Bonchev–Trinajstić information content (AvgIpc) is 2.63. The van der Waals surface area contributed by atoms with Crippen molar-refractivity contribution in [1.82, 2.24) is 0 Å². The number of carbonyl (C=O) groups excluding carboxylic acids is 2. The van der Waals surface area contributed by atoms with E-state index in [1.165, 1.54) is 0 Å². The lowest BCUT2D eigenvalue weighted by Gasteiger charge is -2.14. The number of benzene rings is 2. The molecule has 0 aliphatic rings. The molecule has 128 valence electrons. The van der Waals surface area contributed by atoms with Gasteiger partial charge in [-0.1, -0.05) is 49.4 Å². The van der Waals surface area contributed by atoms with E-state index in [1.54, 1.807) is 24.3 Å².